The van der Waals surface area contributed by atoms with E-state index in [1.165, 1.54) is 12.1 Å². The van der Waals surface area contributed by atoms with Crippen LogP contribution >= 0.6 is 0 Å². The largest absolute Gasteiger partial charge is 0.354 e. The van der Waals surface area contributed by atoms with E-state index >= 15 is 0 Å². The third kappa shape index (κ3) is 6.88. The highest BCUT2D eigenvalue weighted by Crippen LogP contribution is 2.28. The lowest BCUT2D eigenvalue weighted by Crippen LogP contribution is -2.57. The Morgan fingerprint density at radius 2 is 1.87 bits per heavy atom. The first-order chi connectivity index (χ1) is 14.0. The van der Waals surface area contributed by atoms with Gasteiger partial charge in [-0.2, -0.15) is 0 Å². The van der Waals surface area contributed by atoms with E-state index in [2.05, 4.69) is 24.8 Å². The van der Waals surface area contributed by atoms with Crippen LogP contribution in [0.15, 0.2) is 23.2 Å². The maximum Gasteiger partial charge on any atom is 0.209 e. The molecule has 0 aliphatic carbocycles. The number of rotatable bonds is 7. The zero-order chi connectivity index (χ0) is 22.5. The molecule has 2 rings (SSSR count). The molecular formula is C20H33F2N5O2S. The number of aliphatic imine (C=N–C) groups is 1. The number of guanidine groups is 1. The predicted octanol–water partition coefficient (Wildman–Crippen LogP) is 1.94. The Morgan fingerprint density at radius 3 is 2.37 bits per heavy atom. The first-order valence-corrected chi connectivity index (χ1v) is 12.0. The standard InChI is InChI=1S/C20H33F2N5O2S/c1-6-18(16-8-7-15(21)13-17(16)22)26-9-11-27(12-10-26)19(23-4)24-14-20(2,3)25-30(5,28)29/h7-8,13,18,25H,6,9-12,14H2,1-5H3,(H,23,24). The molecule has 0 aromatic heterocycles. The monoisotopic (exact) mass is 445 g/mol. The van der Waals surface area contributed by atoms with Crippen molar-refractivity contribution in [1.82, 2.24) is 19.8 Å². The molecule has 0 amide bonds. The Balaban J connectivity index is 1.97. The van der Waals surface area contributed by atoms with Gasteiger partial charge in [0.25, 0.3) is 0 Å². The number of hydrogen-bond donors (Lipinski definition) is 2. The second kappa shape index (κ2) is 10.0. The van der Waals surface area contributed by atoms with Crippen LogP contribution in [-0.2, 0) is 10.0 Å². The van der Waals surface area contributed by atoms with Crippen LogP contribution in [0.3, 0.4) is 0 Å². The van der Waals surface area contributed by atoms with Crippen LogP contribution in [-0.4, -0.2) is 75.7 Å². The summed E-state index contributed by atoms with van der Waals surface area (Å²) in [6, 6.07) is 3.66. The van der Waals surface area contributed by atoms with Crippen molar-refractivity contribution in [3.63, 3.8) is 0 Å². The van der Waals surface area contributed by atoms with E-state index in [1.807, 2.05) is 6.92 Å². The Labute approximate surface area is 178 Å². The van der Waals surface area contributed by atoms with E-state index in [-0.39, 0.29) is 6.04 Å². The zero-order valence-corrected chi connectivity index (χ0v) is 19.2. The smallest absolute Gasteiger partial charge is 0.209 e. The van der Waals surface area contributed by atoms with Gasteiger partial charge in [0, 0.05) is 63.0 Å². The molecule has 1 aromatic carbocycles. The van der Waals surface area contributed by atoms with Gasteiger partial charge in [0.15, 0.2) is 5.96 Å². The van der Waals surface area contributed by atoms with Gasteiger partial charge in [-0.25, -0.2) is 21.9 Å². The van der Waals surface area contributed by atoms with E-state index in [9.17, 15) is 17.2 Å². The Hall–Kier alpha value is -1.78. The minimum absolute atomic E-state index is 0.111. The van der Waals surface area contributed by atoms with Crippen molar-refractivity contribution < 1.29 is 17.2 Å². The maximum absolute atomic E-state index is 14.3. The fourth-order valence-corrected chi connectivity index (χ4v) is 4.94. The second-order valence-corrected chi connectivity index (χ2v) is 10.0. The highest BCUT2D eigenvalue weighted by Gasteiger charge is 2.28. The molecule has 0 spiro atoms. The summed E-state index contributed by atoms with van der Waals surface area (Å²) in [5, 5.41) is 3.24. The normalized spacial score (nSPS) is 17.8. The highest BCUT2D eigenvalue weighted by molar-refractivity contribution is 7.88. The van der Waals surface area contributed by atoms with Crippen molar-refractivity contribution in [2.45, 2.75) is 38.8 Å². The average molecular weight is 446 g/mol. The molecule has 1 heterocycles. The van der Waals surface area contributed by atoms with Gasteiger partial charge in [-0.05, 0) is 26.3 Å². The Morgan fingerprint density at radius 1 is 1.23 bits per heavy atom. The third-order valence-electron chi connectivity index (χ3n) is 5.12. The second-order valence-electron chi connectivity index (χ2n) is 8.27. The molecule has 0 saturated carbocycles. The van der Waals surface area contributed by atoms with Crippen LogP contribution in [0.4, 0.5) is 8.78 Å². The number of nitrogens with one attached hydrogen (secondary N) is 2. The van der Waals surface area contributed by atoms with Crippen molar-refractivity contribution in [2.75, 3.05) is 46.0 Å². The summed E-state index contributed by atoms with van der Waals surface area (Å²) in [5.41, 5.74) is -0.151. The average Bonchev–Trinajstić information content (AvgIpc) is 2.63. The highest BCUT2D eigenvalue weighted by atomic mass is 32.2. The van der Waals surface area contributed by atoms with Crippen LogP contribution in [0.5, 0.6) is 0 Å². The molecule has 0 radical (unpaired) electrons. The Bertz CT molecular complexity index is 853. The summed E-state index contributed by atoms with van der Waals surface area (Å²) in [7, 11) is -1.63. The van der Waals surface area contributed by atoms with Crippen molar-refractivity contribution in [1.29, 1.82) is 0 Å². The number of sulfonamides is 1. The van der Waals surface area contributed by atoms with E-state index in [0.717, 1.165) is 18.7 Å². The molecule has 30 heavy (non-hydrogen) atoms. The van der Waals surface area contributed by atoms with Crippen LogP contribution in [0.2, 0.25) is 0 Å². The van der Waals surface area contributed by atoms with Crippen molar-refractivity contribution in [3.05, 3.63) is 35.4 Å². The first-order valence-electron chi connectivity index (χ1n) is 10.1. The molecule has 7 nitrogen and oxygen atoms in total. The lowest BCUT2D eigenvalue weighted by molar-refractivity contribution is 0.124. The molecule has 1 atom stereocenters. The predicted molar refractivity (Wildman–Crippen MR) is 116 cm³/mol. The molecule has 1 aliphatic heterocycles. The molecule has 170 valence electrons. The fraction of sp³-hybridized carbons (Fsp3) is 0.650. The van der Waals surface area contributed by atoms with Gasteiger partial charge in [0.05, 0.1) is 6.26 Å². The molecular weight excluding hydrogens is 412 g/mol. The van der Waals surface area contributed by atoms with E-state index in [1.54, 1.807) is 20.9 Å². The van der Waals surface area contributed by atoms with Crippen LogP contribution < -0.4 is 10.0 Å². The van der Waals surface area contributed by atoms with E-state index in [0.29, 0.717) is 44.2 Å². The topological polar surface area (TPSA) is 77.0 Å². The van der Waals surface area contributed by atoms with Crippen LogP contribution in [0.25, 0.3) is 0 Å². The third-order valence-corrected chi connectivity index (χ3v) is 6.05. The molecule has 0 bridgehead atoms. The lowest BCUT2D eigenvalue weighted by atomic mass is 10.0. The van der Waals surface area contributed by atoms with Gasteiger partial charge in [-0.15, -0.1) is 0 Å². The van der Waals surface area contributed by atoms with Crippen LogP contribution in [0, 0.1) is 11.6 Å². The molecule has 2 N–H and O–H groups in total. The number of piperazine rings is 1. The molecule has 1 saturated heterocycles. The van der Waals surface area contributed by atoms with Gasteiger partial charge in [-0.1, -0.05) is 13.0 Å². The summed E-state index contributed by atoms with van der Waals surface area (Å²) >= 11 is 0. The van der Waals surface area contributed by atoms with Crippen molar-refractivity contribution >= 4 is 16.0 Å². The minimum Gasteiger partial charge on any atom is -0.354 e. The minimum atomic E-state index is -3.32. The number of hydrogen-bond acceptors (Lipinski definition) is 4. The first kappa shape index (κ1) is 24.5. The van der Waals surface area contributed by atoms with Crippen molar-refractivity contribution in [3.8, 4) is 0 Å². The van der Waals surface area contributed by atoms with Crippen LogP contribution in [0.1, 0.15) is 38.8 Å². The molecule has 1 aromatic rings. The number of benzene rings is 1. The fourth-order valence-electron chi connectivity index (χ4n) is 3.86. The van der Waals surface area contributed by atoms with E-state index < -0.39 is 27.2 Å². The quantitative estimate of drug-likeness (QED) is 0.496. The summed E-state index contributed by atoms with van der Waals surface area (Å²) < 4.78 is 53.2. The summed E-state index contributed by atoms with van der Waals surface area (Å²) in [5.74, 6) is -0.388. The van der Waals surface area contributed by atoms with Gasteiger partial charge in [0.2, 0.25) is 10.0 Å². The Kier molecular flexibility index (Phi) is 8.18. The van der Waals surface area contributed by atoms with Gasteiger partial charge in [0.1, 0.15) is 11.6 Å². The van der Waals surface area contributed by atoms with Gasteiger partial charge in [-0.3, -0.25) is 9.89 Å². The van der Waals surface area contributed by atoms with Gasteiger partial charge >= 0.3 is 0 Å². The molecule has 1 aliphatic rings. The maximum atomic E-state index is 14.3. The molecule has 1 fully saturated rings. The number of halogens is 2. The van der Waals surface area contributed by atoms with Gasteiger partial charge < -0.3 is 10.2 Å². The van der Waals surface area contributed by atoms with E-state index in [4.69, 9.17) is 0 Å². The summed E-state index contributed by atoms with van der Waals surface area (Å²) in [4.78, 5) is 8.62. The SMILES string of the molecule is CCC(c1ccc(F)cc1F)N1CCN(C(=NC)NCC(C)(C)NS(C)(=O)=O)CC1. The zero-order valence-electron chi connectivity index (χ0n) is 18.4. The molecule has 1 unspecified atom stereocenters. The molecule has 10 heteroatoms. The summed E-state index contributed by atoms with van der Waals surface area (Å²) in [6.07, 6.45) is 1.86. The van der Waals surface area contributed by atoms with Crippen molar-refractivity contribution in [2.24, 2.45) is 4.99 Å². The lowest BCUT2D eigenvalue weighted by Gasteiger charge is -2.41. The summed E-state index contributed by atoms with van der Waals surface area (Å²) in [6.45, 7) is 8.78. The number of nitrogens with zero attached hydrogens (tertiary/aromatic N) is 3.